The summed E-state index contributed by atoms with van der Waals surface area (Å²) in [6.45, 7) is 0. The highest BCUT2D eigenvalue weighted by atomic mass is 35.5. The fourth-order valence-electron chi connectivity index (χ4n) is 0.455. The molecule has 0 atom stereocenters. The lowest BCUT2D eigenvalue weighted by Gasteiger charge is -2.26. The van der Waals surface area contributed by atoms with E-state index in [0.717, 1.165) is 0 Å². The molecule has 0 heterocycles. The average molecular weight is 299 g/mol. The van der Waals surface area contributed by atoms with Crippen molar-refractivity contribution in [2.45, 2.75) is 22.6 Å². The van der Waals surface area contributed by atoms with Gasteiger partial charge in [-0.3, -0.25) is 4.79 Å². The Hall–Kier alpha value is -0.310. The molecule has 0 amide bonds. The first kappa shape index (κ1) is 15.7. The van der Waals surface area contributed by atoms with Gasteiger partial charge in [-0.05, 0) is 0 Å². The fraction of sp³-hybridized carbons (Fsp3) is 0.800. The van der Waals surface area contributed by atoms with Crippen LogP contribution < -0.4 is 0 Å². The second-order valence-electron chi connectivity index (χ2n) is 2.47. The third-order valence-electron chi connectivity index (χ3n) is 1.28. The Bertz CT molecular complexity index is 262. The van der Waals surface area contributed by atoms with Crippen LogP contribution in [-0.2, 0) is 4.79 Å². The maximum absolute atomic E-state index is 12.2. The molecule has 0 N–H and O–H groups in total. The molecule has 1 nitrogen and oxygen atoms in total. The zero-order valence-corrected chi connectivity index (χ0v) is 8.20. The molecule has 0 radical (unpaired) electrons. The van der Waals surface area contributed by atoms with Crippen molar-refractivity contribution in [2.24, 2.45) is 0 Å². The number of carbonyl (C=O) groups excluding carboxylic acids is 1. The van der Waals surface area contributed by atoms with Crippen molar-refractivity contribution in [1.29, 1.82) is 0 Å². The Morgan fingerprint density at radius 3 is 1.25 bits per heavy atom. The van der Waals surface area contributed by atoms with Crippen molar-refractivity contribution in [3.05, 3.63) is 0 Å². The minimum absolute atomic E-state index is 3.69. The lowest BCUT2D eigenvalue weighted by Crippen LogP contribution is -2.56. The summed E-state index contributed by atoms with van der Waals surface area (Å²) >= 11 is 8.33. The van der Waals surface area contributed by atoms with E-state index in [1.807, 2.05) is 0 Å². The van der Waals surface area contributed by atoms with E-state index in [1.54, 1.807) is 0 Å². The molecule has 0 aliphatic rings. The summed E-state index contributed by atoms with van der Waals surface area (Å²) < 4.78 is 89.7. The molecule has 0 saturated carbocycles. The van der Waals surface area contributed by atoms with Crippen LogP contribution in [-0.4, -0.2) is 28.4 Å². The molecule has 96 valence electrons. The van der Waals surface area contributed by atoms with Crippen LogP contribution in [0.15, 0.2) is 0 Å². The van der Waals surface area contributed by atoms with Gasteiger partial charge in [0.1, 0.15) is 0 Å². The molecule has 0 aromatic rings. The average Bonchev–Trinajstić information content (AvgIpc) is 1.98. The number of Topliss-reactive ketones (excluding diaryl/α,β-unsaturated/α-hetero) is 1. The summed E-state index contributed by atoms with van der Waals surface area (Å²) in [7, 11) is 0. The van der Waals surface area contributed by atoms with Gasteiger partial charge >= 0.3 is 18.3 Å². The minimum Gasteiger partial charge on any atom is -0.289 e. The topological polar surface area (TPSA) is 17.1 Å². The standard InChI is InChI=1S/C5Cl2F8O/c6-2(7,4(10,11)12)1(16)3(8,9)5(13,14)15. The largest absolute Gasteiger partial charge is 0.461 e. The molecule has 0 aromatic carbocycles. The van der Waals surface area contributed by atoms with Crippen molar-refractivity contribution in [3.63, 3.8) is 0 Å². The highest BCUT2D eigenvalue weighted by Gasteiger charge is 2.73. The van der Waals surface area contributed by atoms with Gasteiger partial charge in [0, 0.05) is 0 Å². The van der Waals surface area contributed by atoms with E-state index < -0.39 is 28.4 Å². The fourth-order valence-corrected chi connectivity index (χ4v) is 0.692. The maximum Gasteiger partial charge on any atom is 0.461 e. The van der Waals surface area contributed by atoms with Gasteiger partial charge in [0.25, 0.3) is 10.1 Å². The van der Waals surface area contributed by atoms with E-state index in [4.69, 9.17) is 0 Å². The van der Waals surface area contributed by atoms with Gasteiger partial charge in [0.2, 0.25) is 0 Å². The van der Waals surface area contributed by atoms with Gasteiger partial charge in [0.15, 0.2) is 0 Å². The summed E-state index contributed by atoms with van der Waals surface area (Å²) in [5.41, 5.74) is 0. The molecular formula is C5Cl2F8O. The van der Waals surface area contributed by atoms with Crippen molar-refractivity contribution in [2.75, 3.05) is 0 Å². The molecule has 11 heteroatoms. The molecule has 0 aliphatic heterocycles. The molecule has 0 saturated heterocycles. The van der Waals surface area contributed by atoms with Crippen LogP contribution in [0.2, 0.25) is 0 Å². The number of rotatable bonds is 2. The summed E-state index contributed by atoms with van der Waals surface area (Å²) in [6, 6.07) is 0. The SMILES string of the molecule is O=C(C(F)(F)C(F)(F)F)C(Cl)(Cl)C(F)(F)F. The Kier molecular flexibility index (Phi) is 3.79. The molecule has 0 unspecified atom stereocenters. The zero-order valence-electron chi connectivity index (χ0n) is 6.69. The van der Waals surface area contributed by atoms with Gasteiger partial charge in [-0.15, -0.1) is 0 Å². The van der Waals surface area contributed by atoms with Gasteiger partial charge in [-0.1, -0.05) is 23.2 Å². The van der Waals surface area contributed by atoms with Crippen molar-refractivity contribution >= 4 is 29.0 Å². The Morgan fingerprint density at radius 1 is 0.750 bits per heavy atom. The van der Waals surface area contributed by atoms with Crippen LogP contribution in [0.5, 0.6) is 0 Å². The van der Waals surface area contributed by atoms with E-state index in [2.05, 4.69) is 23.2 Å². The first-order valence-corrected chi connectivity index (χ1v) is 3.85. The number of halogens is 10. The lowest BCUT2D eigenvalue weighted by atomic mass is 10.1. The second-order valence-corrected chi connectivity index (χ2v) is 3.80. The Balaban J connectivity index is 5.40. The highest BCUT2D eigenvalue weighted by molar-refractivity contribution is 6.59. The number of hydrogen-bond donors (Lipinski definition) is 0. The van der Waals surface area contributed by atoms with E-state index in [1.165, 1.54) is 0 Å². The predicted molar refractivity (Wildman–Crippen MR) is 36.5 cm³/mol. The maximum atomic E-state index is 12.2. The van der Waals surface area contributed by atoms with Crippen LogP contribution in [0.1, 0.15) is 0 Å². The second kappa shape index (κ2) is 3.86. The van der Waals surface area contributed by atoms with Crippen LogP contribution >= 0.6 is 23.2 Å². The van der Waals surface area contributed by atoms with E-state index in [-0.39, 0.29) is 0 Å². The molecule has 16 heavy (non-hydrogen) atoms. The predicted octanol–water partition coefficient (Wildman–Crippen LogP) is 3.49. The molecule has 0 rings (SSSR count). The van der Waals surface area contributed by atoms with E-state index in [0.29, 0.717) is 0 Å². The number of alkyl halides is 10. The summed E-state index contributed by atoms with van der Waals surface area (Å²) in [5.74, 6) is -9.98. The molecule has 0 fully saturated rings. The lowest BCUT2D eigenvalue weighted by molar-refractivity contribution is -0.273. The van der Waals surface area contributed by atoms with Crippen LogP contribution in [0.25, 0.3) is 0 Å². The quantitative estimate of drug-likeness (QED) is 0.563. The van der Waals surface area contributed by atoms with Crippen molar-refractivity contribution in [1.82, 2.24) is 0 Å². The molecular weight excluding hydrogens is 299 g/mol. The zero-order chi connectivity index (χ0) is 13.6. The third kappa shape index (κ3) is 2.50. The summed E-state index contributed by atoms with van der Waals surface area (Å²) in [5, 5.41) is 0. The first-order valence-electron chi connectivity index (χ1n) is 3.09. The third-order valence-corrected chi connectivity index (χ3v) is 2.05. The Labute approximate surface area is 92.3 Å². The van der Waals surface area contributed by atoms with Gasteiger partial charge < -0.3 is 0 Å². The van der Waals surface area contributed by atoms with Gasteiger partial charge in [0.05, 0.1) is 0 Å². The monoisotopic (exact) mass is 298 g/mol. The van der Waals surface area contributed by atoms with Crippen LogP contribution in [0.3, 0.4) is 0 Å². The Morgan fingerprint density at radius 2 is 1.06 bits per heavy atom. The molecule has 0 aromatic heterocycles. The van der Waals surface area contributed by atoms with E-state index >= 15 is 0 Å². The van der Waals surface area contributed by atoms with Crippen LogP contribution in [0.4, 0.5) is 35.1 Å². The summed E-state index contributed by atoms with van der Waals surface area (Å²) in [6.07, 6.45) is -12.5. The van der Waals surface area contributed by atoms with Crippen molar-refractivity contribution < 1.29 is 39.9 Å². The number of hydrogen-bond acceptors (Lipinski definition) is 1. The van der Waals surface area contributed by atoms with Crippen LogP contribution in [0, 0.1) is 0 Å². The number of ketones is 1. The minimum atomic E-state index is -6.51. The van der Waals surface area contributed by atoms with E-state index in [9.17, 15) is 39.9 Å². The number of carbonyl (C=O) groups is 1. The first-order chi connectivity index (χ1) is 6.65. The summed E-state index contributed by atoms with van der Waals surface area (Å²) in [4.78, 5) is 10.3. The van der Waals surface area contributed by atoms with Gasteiger partial charge in [-0.25, -0.2) is 0 Å². The van der Waals surface area contributed by atoms with Crippen molar-refractivity contribution in [3.8, 4) is 0 Å². The molecule has 0 aliphatic carbocycles. The highest BCUT2D eigenvalue weighted by Crippen LogP contribution is 2.48. The molecule has 0 spiro atoms. The smallest absolute Gasteiger partial charge is 0.289 e. The van der Waals surface area contributed by atoms with Gasteiger partial charge in [-0.2, -0.15) is 35.1 Å². The molecule has 0 bridgehead atoms. The normalized spacial score (nSPS) is 15.1.